The van der Waals surface area contributed by atoms with Gasteiger partial charge in [-0.3, -0.25) is 20.2 Å². The quantitative estimate of drug-likeness (QED) is 0.389. The minimum atomic E-state index is -0.461. The third kappa shape index (κ3) is 4.48. The Bertz CT molecular complexity index is 1060. The Balaban J connectivity index is 1.70. The number of non-ortho nitro benzene ring substituents is 1. The van der Waals surface area contributed by atoms with Crippen LogP contribution in [0.5, 0.6) is 5.75 Å². The molecule has 0 aliphatic rings. The lowest BCUT2D eigenvalue weighted by atomic mass is 10.0. The van der Waals surface area contributed by atoms with Crippen molar-refractivity contribution in [2.75, 3.05) is 11.9 Å². The van der Waals surface area contributed by atoms with Gasteiger partial charge >= 0.3 is 0 Å². The smallest absolute Gasteiger partial charge is 0.270 e. The number of fused-ring (bicyclic) bond motifs is 1. The average Bonchev–Trinajstić information content (AvgIpc) is 3.03. The van der Waals surface area contributed by atoms with E-state index in [4.69, 9.17) is 4.74 Å². The van der Waals surface area contributed by atoms with E-state index in [-0.39, 0.29) is 24.1 Å². The lowest BCUT2D eigenvalue weighted by molar-refractivity contribution is -0.384. The number of nitrogens with one attached hydrogen (secondary N) is 1. The van der Waals surface area contributed by atoms with Gasteiger partial charge in [-0.05, 0) is 42.2 Å². The molecule has 2 aromatic carbocycles. The standard InChI is InChI=1S/C19H18BrN3O4S/c1-10(2)13-8-14(20)11(3)6-16(13)27-9-18(24)22-19-21-15-5-4-12(23(25)26)7-17(15)28-19/h4-8,10H,9H2,1-3H3,(H,21,22,24). The Morgan fingerprint density at radius 3 is 2.79 bits per heavy atom. The Kier molecular flexibility index (Phi) is 5.95. The summed E-state index contributed by atoms with van der Waals surface area (Å²) in [7, 11) is 0. The van der Waals surface area contributed by atoms with Gasteiger partial charge in [0, 0.05) is 16.6 Å². The minimum Gasteiger partial charge on any atom is -0.483 e. The molecule has 7 nitrogen and oxygen atoms in total. The summed E-state index contributed by atoms with van der Waals surface area (Å²) in [5, 5.41) is 13.9. The number of halogens is 1. The number of ether oxygens (including phenoxy) is 1. The number of nitrogens with zero attached hydrogens (tertiary/aromatic N) is 2. The number of nitro benzene ring substituents is 1. The molecule has 1 heterocycles. The Morgan fingerprint density at radius 2 is 2.11 bits per heavy atom. The molecule has 0 spiro atoms. The number of amides is 1. The number of thiazole rings is 1. The van der Waals surface area contributed by atoms with Crippen molar-refractivity contribution in [1.82, 2.24) is 4.98 Å². The third-order valence-electron chi connectivity index (χ3n) is 4.10. The highest BCUT2D eigenvalue weighted by Crippen LogP contribution is 2.32. The molecule has 0 aliphatic heterocycles. The number of hydrogen-bond acceptors (Lipinski definition) is 6. The van der Waals surface area contributed by atoms with E-state index in [1.807, 2.05) is 19.1 Å². The van der Waals surface area contributed by atoms with E-state index < -0.39 is 4.92 Å². The molecule has 3 rings (SSSR count). The molecule has 0 radical (unpaired) electrons. The van der Waals surface area contributed by atoms with Crippen molar-refractivity contribution in [2.24, 2.45) is 0 Å². The van der Waals surface area contributed by atoms with Crippen molar-refractivity contribution in [1.29, 1.82) is 0 Å². The number of rotatable bonds is 6. The van der Waals surface area contributed by atoms with Crippen LogP contribution >= 0.6 is 27.3 Å². The van der Waals surface area contributed by atoms with Crippen LogP contribution in [-0.2, 0) is 4.79 Å². The van der Waals surface area contributed by atoms with E-state index in [0.717, 1.165) is 15.6 Å². The average molecular weight is 464 g/mol. The molecule has 28 heavy (non-hydrogen) atoms. The van der Waals surface area contributed by atoms with Gasteiger partial charge in [-0.15, -0.1) is 0 Å². The van der Waals surface area contributed by atoms with Crippen molar-refractivity contribution in [2.45, 2.75) is 26.7 Å². The number of nitro groups is 1. The van der Waals surface area contributed by atoms with Crippen molar-refractivity contribution in [3.8, 4) is 5.75 Å². The fraction of sp³-hybridized carbons (Fsp3) is 0.263. The molecule has 146 valence electrons. The van der Waals surface area contributed by atoms with Crippen LogP contribution in [0.15, 0.2) is 34.8 Å². The molecule has 0 atom stereocenters. The van der Waals surface area contributed by atoms with Gasteiger partial charge in [0.25, 0.3) is 11.6 Å². The summed E-state index contributed by atoms with van der Waals surface area (Å²) in [6, 6.07) is 8.31. The zero-order chi connectivity index (χ0) is 20.4. The lowest BCUT2D eigenvalue weighted by Gasteiger charge is -2.15. The van der Waals surface area contributed by atoms with Gasteiger partial charge in [0.2, 0.25) is 0 Å². The van der Waals surface area contributed by atoms with Gasteiger partial charge in [0.1, 0.15) is 5.75 Å². The predicted octanol–water partition coefficient (Wildman–Crippen LogP) is 5.42. The molecule has 1 amide bonds. The number of benzene rings is 2. The second-order valence-corrected chi connectivity index (χ2v) is 8.44. The van der Waals surface area contributed by atoms with Gasteiger partial charge in [-0.1, -0.05) is 41.1 Å². The van der Waals surface area contributed by atoms with Crippen LogP contribution in [0.2, 0.25) is 0 Å². The number of aryl methyl sites for hydroxylation is 1. The van der Waals surface area contributed by atoms with Crippen LogP contribution in [0.1, 0.15) is 30.9 Å². The number of carbonyl (C=O) groups excluding carboxylic acids is 1. The first kappa shape index (κ1) is 20.2. The third-order valence-corrected chi connectivity index (χ3v) is 5.89. The van der Waals surface area contributed by atoms with E-state index in [0.29, 0.717) is 21.1 Å². The van der Waals surface area contributed by atoms with Gasteiger partial charge in [0.15, 0.2) is 11.7 Å². The summed E-state index contributed by atoms with van der Waals surface area (Å²) in [6.45, 7) is 5.92. The zero-order valence-electron chi connectivity index (χ0n) is 15.5. The molecule has 3 aromatic rings. The van der Waals surface area contributed by atoms with Crippen LogP contribution in [0, 0.1) is 17.0 Å². The Morgan fingerprint density at radius 1 is 1.36 bits per heavy atom. The highest BCUT2D eigenvalue weighted by molar-refractivity contribution is 9.10. The van der Waals surface area contributed by atoms with Gasteiger partial charge < -0.3 is 4.74 Å². The summed E-state index contributed by atoms with van der Waals surface area (Å²) in [5.41, 5.74) is 2.62. The van der Waals surface area contributed by atoms with E-state index in [1.165, 1.54) is 23.5 Å². The Labute approximate surface area is 174 Å². The molecule has 0 saturated carbocycles. The topological polar surface area (TPSA) is 94.4 Å². The van der Waals surface area contributed by atoms with E-state index in [1.54, 1.807) is 6.07 Å². The number of aromatic nitrogens is 1. The maximum Gasteiger partial charge on any atom is 0.270 e. The molecule has 0 aliphatic carbocycles. The van der Waals surface area contributed by atoms with Crippen molar-refractivity contribution in [3.63, 3.8) is 0 Å². The maximum atomic E-state index is 12.3. The van der Waals surface area contributed by atoms with Crippen molar-refractivity contribution < 1.29 is 14.5 Å². The lowest BCUT2D eigenvalue weighted by Crippen LogP contribution is -2.20. The highest BCUT2D eigenvalue weighted by atomic mass is 79.9. The van der Waals surface area contributed by atoms with E-state index >= 15 is 0 Å². The van der Waals surface area contributed by atoms with Crippen LogP contribution in [0.3, 0.4) is 0 Å². The first-order chi connectivity index (χ1) is 13.2. The molecule has 0 saturated heterocycles. The second-order valence-electron chi connectivity index (χ2n) is 6.56. The summed E-state index contributed by atoms with van der Waals surface area (Å²) in [6.07, 6.45) is 0. The number of anilines is 1. The first-order valence-electron chi connectivity index (χ1n) is 8.52. The summed E-state index contributed by atoms with van der Waals surface area (Å²) in [4.78, 5) is 27.0. The van der Waals surface area contributed by atoms with Crippen LogP contribution in [-0.4, -0.2) is 22.4 Å². The zero-order valence-corrected chi connectivity index (χ0v) is 17.9. The summed E-state index contributed by atoms with van der Waals surface area (Å²) < 4.78 is 7.38. The molecular weight excluding hydrogens is 446 g/mol. The first-order valence-corrected chi connectivity index (χ1v) is 10.1. The van der Waals surface area contributed by atoms with Crippen LogP contribution in [0.25, 0.3) is 10.2 Å². The van der Waals surface area contributed by atoms with Gasteiger partial charge in [-0.25, -0.2) is 4.98 Å². The Hall–Kier alpha value is -2.52. The second kappa shape index (κ2) is 8.24. The fourth-order valence-corrected chi connectivity index (χ4v) is 3.90. The summed E-state index contributed by atoms with van der Waals surface area (Å²) in [5.74, 6) is 0.574. The van der Waals surface area contributed by atoms with Gasteiger partial charge in [-0.2, -0.15) is 0 Å². The molecule has 1 N–H and O–H groups in total. The van der Waals surface area contributed by atoms with Crippen molar-refractivity contribution >= 4 is 54.2 Å². The molecular formula is C19H18BrN3O4S. The molecule has 0 unspecified atom stereocenters. The molecule has 0 bridgehead atoms. The SMILES string of the molecule is Cc1cc(OCC(=O)Nc2nc3ccc([N+](=O)[O-])cc3s2)c(C(C)C)cc1Br. The highest BCUT2D eigenvalue weighted by Gasteiger charge is 2.15. The van der Waals surface area contributed by atoms with Gasteiger partial charge in [0.05, 0.1) is 15.1 Å². The number of carbonyl (C=O) groups is 1. The van der Waals surface area contributed by atoms with Crippen molar-refractivity contribution in [3.05, 3.63) is 56.0 Å². The van der Waals surface area contributed by atoms with Crippen LogP contribution < -0.4 is 10.1 Å². The summed E-state index contributed by atoms with van der Waals surface area (Å²) >= 11 is 4.70. The largest absolute Gasteiger partial charge is 0.483 e. The molecule has 1 aromatic heterocycles. The molecule has 9 heteroatoms. The van der Waals surface area contributed by atoms with Crippen LogP contribution in [0.4, 0.5) is 10.8 Å². The molecule has 0 fully saturated rings. The van der Waals surface area contributed by atoms with E-state index in [9.17, 15) is 14.9 Å². The maximum absolute atomic E-state index is 12.3. The fourth-order valence-electron chi connectivity index (χ4n) is 2.63. The number of hydrogen-bond donors (Lipinski definition) is 1. The monoisotopic (exact) mass is 463 g/mol. The normalized spacial score (nSPS) is 11.0. The van der Waals surface area contributed by atoms with E-state index in [2.05, 4.69) is 40.1 Å². The predicted molar refractivity (Wildman–Crippen MR) is 113 cm³/mol. The minimum absolute atomic E-state index is 0.0100.